The molecule has 1 aromatic heterocycles. The molecule has 0 N–H and O–H groups in total. The summed E-state index contributed by atoms with van der Waals surface area (Å²) in [5.74, 6) is -0.185. The zero-order valence-corrected chi connectivity index (χ0v) is 10.2. The maximum Gasteiger partial charge on any atom is 0.233 e. The molecule has 2 heterocycles. The first-order valence-electron chi connectivity index (χ1n) is 5.80. The number of hydrogen-bond acceptors (Lipinski definition) is 3. The van der Waals surface area contributed by atoms with Gasteiger partial charge in [0.2, 0.25) is 11.8 Å². The highest BCUT2D eigenvalue weighted by molar-refractivity contribution is 7.09. The van der Waals surface area contributed by atoms with E-state index in [1.54, 1.807) is 11.3 Å². The molecule has 1 aromatic rings. The number of hydrogen-bond donors (Lipinski definition) is 0. The second-order valence-corrected chi connectivity index (χ2v) is 5.53. The molecule has 1 aliphatic carbocycles. The molecule has 2 amide bonds. The Labute approximate surface area is 104 Å². The van der Waals surface area contributed by atoms with Gasteiger partial charge in [0.05, 0.1) is 18.4 Å². The molecule has 3 nitrogen and oxygen atoms in total. The Morgan fingerprint density at radius 3 is 2.35 bits per heavy atom. The first-order valence-corrected chi connectivity index (χ1v) is 6.68. The van der Waals surface area contributed by atoms with Gasteiger partial charge in [-0.25, -0.2) is 0 Å². The number of nitrogens with zero attached hydrogens (tertiary/aromatic N) is 1. The third-order valence-corrected chi connectivity index (χ3v) is 4.35. The largest absolute Gasteiger partial charge is 0.277 e. The molecule has 2 unspecified atom stereocenters. The lowest BCUT2D eigenvalue weighted by Crippen LogP contribution is -2.30. The van der Waals surface area contributed by atoms with E-state index in [4.69, 9.17) is 0 Å². The van der Waals surface area contributed by atoms with Crippen molar-refractivity contribution < 1.29 is 9.59 Å². The van der Waals surface area contributed by atoms with Crippen LogP contribution >= 0.6 is 11.3 Å². The second kappa shape index (κ2) is 4.11. The average Bonchev–Trinajstić information content (AvgIpc) is 2.94. The summed E-state index contributed by atoms with van der Waals surface area (Å²) >= 11 is 1.59. The van der Waals surface area contributed by atoms with E-state index in [2.05, 4.69) is 0 Å². The van der Waals surface area contributed by atoms with Crippen molar-refractivity contribution in [3.63, 3.8) is 0 Å². The number of carbonyl (C=O) groups excluding carboxylic acids is 2. The first-order chi connectivity index (χ1) is 8.27. The van der Waals surface area contributed by atoms with Gasteiger partial charge in [-0.1, -0.05) is 18.2 Å². The van der Waals surface area contributed by atoms with Gasteiger partial charge in [-0.3, -0.25) is 14.5 Å². The van der Waals surface area contributed by atoms with Crippen molar-refractivity contribution >= 4 is 23.2 Å². The van der Waals surface area contributed by atoms with Gasteiger partial charge in [0.25, 0.3) is 0 Å². The van der Waals surface area contributed by atoms with Crippen LogP contribution in [0.25, 0.3) is 0 Å². The smallest absolute Gasteiger partial charge is 0.233 e. The lowest BCUT2D eigenvalue weighted by atomic mass is 9.85. The van der Waals surface area contributed by atoms with Crippen molar-refractivity contribution in [1.82, 2.24) is 4.90 Å². The second-order valence-electron chi connectivity index (χ2n) is 4.50. The Kier molecular flexibility index (Phi) is 2.59. The van der Waals surface area contributed by atoms with Gasteiger partial charge in [0.15, 0.2) is 0 Å². The monoisotopic (exact) mass is 247 g/mol. The van der Waals surface area contributed by atoms with Crippen LogP contribution in [0.4, 0.5) is 0 Å². The fourth-order valence-corrected chi connectivity index (χ4v) is 3.28. The number of fused-ring (bicyclic) bond motifs is 1. The third-order valence-electron chi connectivity index (χ3n) is 3.49. The van der Waals surface area contributed by atoms with Crippen molar-refractivity contribution in [2.45, 2.75) is 19.4 Å². The van der Waals surface area contributed by atoms with Crippen molar-refractivity contribution in [2.24, 2.45) is 11.8 Å². The van der Waals surface area contributed by atoms with E-state index in [0.717, 1.165) is 17.7 Å². The molecular formula is C13H13NO2S. The highest BCUT2D eigenvalue weighted by Crippen LogP contribution is 2.35. The fraction of sp³-hybridized carbons (Fsp3) is 0.385. The Hall–Kier alpha value is -1.42. The van der Waals surface area contributed by atoms with Gasteiger partial charge in [-0.05, 0) is 24.3 Å². The normalized spacial score (nSPS) is 27.6. The van der Waals surface area contributed by atoms with Gasteiger partial charge < -0.3 is 0 Å². The van der Waals surface area contributed by atoms with Crippen LogP contribution in [0.1, 0.15) is 17.7 Å². The molecule has 17 heavy (non-hydrogen) atoms. The molecule has 0 radical (unpaired) electrons. The zero-order chi connectivity index (χ0) is 11.8. The summed E-state index contributed by atoms with van der Waals surface area (Å²) in [5.41, 5.74) is 0. The molecule has 0 spiro atoms. The average molecular weight is 247 g/mol. The van der Waals surface area contributed by atoms with Gasteiger partial charge in [-0.15, -0.1) is 11.3 Å². The Bertz CT molecular complexity index is 452. The summed E-state index contributed by atoms with van der Waals surface area (Å²) in [7, 11) is 0. The minimum Gasteiger partial charge on any atom is -0.277 e. The molecule has 0 aromatic carbocycles. The van der Waals surface area contributed by atoms with Crippen LogP contribution in [-0.4, -0.2) is 16.7 Å². The van der Waals surface area contributed by atoms with E-state index < -0.39 is 0 Å². The summed E-state index contributed by atoms with van der Waals surface area (Å²) in [6, 6.07) is 3.91. The summed E-state index contributed by atoms with van der Waals surface area (Å²) in [6.07, 6.45) is 5.47. The summed E-state index contributed by atoms with van der Waals surface area (Å²) in [6.45, 7) is 0.447. The molecule has 4 heteroatoms. The standard InChI is InChI=1S/C13H13NO2S/c15-12-10-5-1-2-6-11(10)13(16)14(12)8-9-4-3-7-17-9/h1-4,7,10-11H,5-6,8H2. The molecule has 3 rings (SSSR count). The zero-order valence-electron chi connectivity index (χ0n) is 9.33. The SMILES string of the molecule is O=C1C2CC=CCC2C(=O)N1Cc1cccs1. The first kappa shape index (κ1) is 10.7. The molecule has 2 aliphatic rings. The molecule has 1 saturated heterocycles. The quantitative estimate of drug-likeness (QED) is 0.593. The number of likely N-dealkylation sites (tertiary alicyclic amines) is 1. The third kappa shape index (κ3) is 1.72. The van der Waals surface area contributed by atoms with Gasteiger partial charge in [0.1, 0.15) is 0 Å². The summed E-state index contributed by atoms with van der Waals surface area (Å²) in [4.78, 5) is 26.8. The molecule has 0 saturated carbocycles. The van der Waals surface area contributed by atoms with Gasteiger partial charge in [0, 0.05) is 4.88 Å². The molecular weight excluding hydrogens is 234 g/mol. The summed E-state index contributed by atoms with van der Waals surface area (Å²) < 4.78 is 0. The van der Waals surface area contributed by atoms with Crippen LogP contribution in [0, 0.1) is 11.8 Å². The lowest BCUT2D eigenvalue weighted by molar-refractivity contribution is -0.140. The molecule has 1 aliphatic heterocycles. The number of imide groups is 1. The molecule has 88 valence electrons. The Balaban J connectivity index is 1.82. The predicted molar refractivity (Wildman–Crippen MR) is 65.2 cm³/mol. The number of thiophene rings is 1. The van der Waals surface area contributed by atoms with E-state index in [-0.39, 0.29) is 23.7 Å². The van der Waals surface area contributed by atoms with Crippen molar-refractivity contribution in [3.8, 4) is 0 Å². The topological polar surface area (TPSA) is 37.4 Å². The predicted octanol–water partition coefficient (Wildman–Crippen LogP) is 2.20. The van der Waals surface area contributed by atoms with E-state index in [1.807, 2.05) is 29.7 Å². The molecule has 2 atom stereocenters. The minimum atomic E-state index is -0.104. The number of rotatable bonds is 2. The van der Waals surface area contributed by atoms with E-state index in [9.17, 15) is 9.59 Å². The van der Waals surface area contributed by atoms with Gasteiger partial charge in [-0.2, -0.15) is 0 Å². The number of carbonyl (C=O) groups is 2. The molecule has 0 bridgehead atoms. The van der Waals surface area contributed by atoms with Crippen LogP contribution in [-0.2, 0) is 16.1 Å². The molecule has 1 fully saturated rings. The highest BCUT2D eigenvalue weighted by atomic mass is 32.1. The van der Waals surface area contributed by atoms with E-state index in [1.165, 1.54) is 4.90 Å². The Morgan fingerprint density at radius 1 is 1.18 bits per heavy atom. The fourth-order valence-electron chi connectivity index (χ4n) is 2.58. The highest BCUT2D eigenvalue weighted by Gasteiger charge is 2.46. The number of allylic oxidation sites excluding steroid dienone is 2. The van der Waals surface area contributed by atoms with Crippen LogP contribution in [0.3, 0.4) is 0 Å². The minimum absolute atomic E-state index is 0.0118. The van der Waals surface area contributed by atoms with Crippen LogP contribution < -0.4 is 0 Å². The van der Waals surface area contributed by atoms with Gasteiger partial charge >= 0.3 is 0 Å². The maximum atomic E-state index is 12.2. The van der Waals surface area contributed by atoms with Crippen molar-refractivity contribution in [1.29, 1.82) is 0 Å². The number of amides is 2. The van der Waals surface area contributed by atoms with E-state index >= 15 is 0 Å². The van der Waals surface area contributed by atoms with Crippen molar-refractivity contribution in [3.05, 3.63) is 34.5 Å². The van der Waals surface area contributed by atoms with Crippen LogP contribution in [0.5, 0.6) is 0 Å². The maximum absolute atomic E-state index is 12.2. The van der Waals surface area contributed by atoms with Crippen LogP contribution in [0.2, 0.25) is 0 Å². The van der Waals surface area contributed by atoms with Crippen LogP contribution in [0.15, 0.2) is 29.7 Å². The lowest BCUT2D eigenvalue weighted by Gasteiger charge is -2.14. The van der Waals surface area contributed by atoms with Crippen molar-refractivity contribution in [2.75, 3.05) is 0 Å². The van der Waals surface area contributed by atoms with E-state index in [0.29, 0.717) is 6.54 Å². The summed E-state index contributed by atoms with van der Waals surface area (Å²) in [5, 5.41) is 1.97. The Morgan fingerprint density at radius 2 is 1.82 bits per heavy atom.